The van der Waals surface area contributed by atoms with Gasteiger partial charge in [0.05, 0.1) is 5.69 Å². The lowest BCUT2D eigenvalue weighted by atomic mass is 9.60. The Kier molecular flexibility index (Phi) is 4.00. The Hall–Kier alpha value is -1.61. The number of nitrogens with two attached hydrogens (primary N) is 1. The minimum absolute atomic E-state index is 0.383. The summed E-state index contributed by atoms with van der Waals surface area (Å²) < 4.78 is 0. The van der Waals surface area contributed by atoms with Gasteiger partial charge in [0.1, 0.15) is 0 Å². The molecule has 2 aliphatic carbocycles. The Labute approximate surface area is 148 Å². The molecule has 3 nitrogen and oxygen atoms in total. The highest BCUT2D eigenvalue weighted by molar-refractivity contribution is 6.31. The van der Waals surface area contributed by atoms with Gasteiger partial charge in [0.15, 0.2) is 0 Å². The quantitative estimate of drug-likeness (QED) is 0.868. The van der Waals surface area contributed by atoms with Gasteiger partial charge in [-0.05, 0) is 54.2 Å². The molecule has 4 heteroatoms. The molecular weight excluding hydrogens is 318 g/mol. The zero-order chi connectivity index (χ0) is 16.7. The maximum absolute atomic E-state index is 6.36. The number of hydrogen-bond donors (Lipinski definition) is 1. The number of hydrogen-bond acceptors (Lipinski definition) is 3. The maximum atomic E-state index is 6.36. The van der Waals surface area contributed by atoms with Crippen molar-refractivity contribution in [3.63, 3.8) is 0 Å². The first kappa shape index (κ1) is 15.9. The lowest BCUT2D eigenvalue weighted by molar-refractivity contribution is 0.101. The minimum Gasteiger partial charge on any atom is -0.368 e. The second kappa shape index (κ2) is 6.03. The van der Waals surface area contributed by atoms with Crippen LogP contribution < -0.4 is 5.73 Å². The molecule has 0 aliphatic heterocycles. The van der Waals surface area contributed by atoms with Gasteiger partial charge in [0.25, 0.3) is 0 Å². The SMILES string of the molecule is CC12CCCCC1Cc1c(Cc3ccccc3Cl)nc(N)nc1C2. The van der Waals surface area contributed by atoms with Crippen molar-refractivity contribution >= 4 is 17.5 Å². The monoisotopic (exact) mass is 341 g/mol. The third-order valence-electron chi connectivity index (χ3n) is 6.07. The van der Waals surface area contributed by atoms with E-state index in [0.29, 0.717) is 11.4 Å². The van der Waals surface area contributed by atoms with Crippen LogP contribution in [0.15, 0.2) is 24.3 Å². The number of aromatic nitrogens is 2. The molecule has 126 valence electrons. The highest BCUT2D eigenvalue weighted by atomic mass is 35.5. The van der Waals surface area contributed by atoms with Crippen LogP contribution in [-0.4, -0.2) is 9.97 Å². The topological polar surface area (TPSA) is 51.8 Å². The smallest absolute Gasteiger partial charge is 0.220 e. The molecule has 4 rings (SSSR count). The van der Waals surface area contributed by atoms with Gasteiger partial charge in [0.2, 0.25) is 5.95 Å². The molecule has 2 N–H and O–H groups in total. The van der Waals surface area contributed by atoms with E-state index in [2.05, 4.69) is 23.0 Å². The van der Waals surface area contributed by atoms with E-state index >= 15 is 0 Å². The van der Waals surface area contributed by atoms with Gasteiger partial charge in [-0.15, -0.1) is 0 Å². The fourth-order valence-corrected chi connectivity index (χ4v) is 4.84. The van der Waals surface area contributed by atoms with Gasteiger partial charge in [-0.2, -0.15) is 0 Å². The second-order valence-corrected chi connectivity index (χ2v) is 8.11. The molecular formula is C20H24ClN3. The molecule has 1 heterocycles. The summed E-state index contributed by atoms with van der Waals surface area (Å²) in [5.41, 5.74) is 11.1. The normalized spacial score (nSPS) is 25.8. The second-order valence-electron chi connectivity index (χ2n) is 7.70. The Morgan fingerprint density at radius 3 is 2.92 bits per heavy atom. The van der Waals surface area contributed by atoms with Crippen LogP contribution in [-0.2, 0) is 19.3 Å². The van der Waals surface area contributed by atoms with E-state index in [0.717, 1.165) is 41.5 Å². The predicted octanol–water partition coefficient (Wildman–Crippen LogP) is 4.60. The van der Waals surface area contributed by atoms with Crippen LogP contribution in [0.2, 0.25) is 5.02 Å². The van der Waals surface area contributed by atoms with Crippen molar-refractivity contribution in [3.8, 4) is 0 Å². The highest BCUT2D eigenvalue weighted by Crippen LogP contribution is 2.49. The largest absolute Gasteiger partial charge is 0.368 e. The van der Waals surface area contributed by atoms with Crippen LogP contribution in [0.25, 0.3) is 0 Å². The average molecular weight is 342 g/mol. The number of nitrogens with zero attached hydrogens (tertiary/aromatic N) is 2. The van der Waals surface area contributed by atoms with Crippen molar-refractivity contribution in [2.75, 3.05) is 5.73 Å². The third-order valence-corrected chi connectivity index (χ3v) is 6.44. The lowest BCUT2D eigenvalue weighted by Gasteiger charge is -2.45. The molecule has 1 saturated carbocycles. The van der Waals surface area contributed by atoms with Crippen LogP contribution >= 0.6 is 11.6 Å². The molecule has 0 spiro atoms. The summed E-state index contributed by atoms with van der Waals surface area (Å²) in [4.78, 5) is 9.20. The molecule has 1 aromatic heterocycles. The minimum atomic E-state index is 0.383. The number of anilines is 1. The van der Waals surface area contributed by atoms with E-state index in [9.17, 15) is 0 Å². The van der Waals surface area contributed by atoms with Crippen molar-refractivity contribution in [3.05, 3.63) is 51.8 Å². The molecule has 0 saturated heterocycles. The number of benzene rings is 1. The molecule has 2 aromatic rings. The first-order chi connectivity index (χ1) is 11.5. The summed E-state index contributed by atoms with van der Waals surface area (Å²) in [6.07, 6.45) is 8.19. The van der Waals surface area contributed by atoms with E-state index in [1.54, 1.807) is 0 Å². The summed E-state index contributed by atoms with van der Waals surface area (Å²) in [5, 5.41) is 0.793. The van der Waals surface area contributed by atoms with Crippen LogP contribution in [0.5, 0.6) is 0 Å². The van der Waals surface area contributed by atoms with Gasteiger partial charge < -0.3 is 5.73 Å². The molecule has 0 radical (unpaired) electrons. The zero-order valence-electron chi connectivity index (χ0n) is 14.2. The Bertz CT molecular complexity index is 773. The van der Waals surface area contributed by atoms with E-state index in [1.807, 2.05) is 18.2 Å². The summed E-state index contributed by atoms with van der Waals surface area (Å²) in [5.74, 6) is 1.14. The van der Waals surface area contributed by atoms with Crippen LogP contribution in [0.1, 0.15) is 55.1 Å². The number of nitrogen functional groups attached to an aromatic ring is 1. The van der Waals surface area contributed by atoms with E-state index in [4.69, 9.17) is 17.3 Å². The first-order valence-electron chi connectivity index (χ1n) is 8.93. The fourth-order valence-electron chi connectivity index (χ4n) is 4.64. The van der Waals surface area contributed by atoms with Gasteiger partial charge in [-0.25, -0.2) is 9.97 Å². The molecule has 2 aliphatic rings. The molecule has 2 atom stereocenters. The molecule has 24 heavy (non-hydrogen) atoms. The van der Waals surface area contributed by atoms with E-state index < -0.39 is 0 Å². The van der Waals surface area contributed by atoms with E-state index in [-0.39, 0.29) is 0 Å². The molecule has 1 fully saturated rings. The van der Waals surface area contributed by atoms with Crippen molar-refractivity contribution in [2.45, 2.75) is 51.9 Å². The van der Waals surface area contributed by atoms with Crippen LogP contribution in [0, 0.1) is 11.3 Å². The van der Waals surface area contributed by atoms with Crippen molar-refractivity contribution in [1.82, 2.24) is 9.97 Å². The summed E-state index contributed by atoms with van der Waals surface area (Å²) in [6, 6.07) is 7.99. The Balaban J connectivity index is 1.74. The summed E-state index contributed by atoms with van der Waals surface area (Å²) in [6.45, 7) is 2.44. The van der Waals surface area contributed by atoms with Crippen molar-refractivity contribution in [1.29, 1.82) is 0 Å². The summed E-state index contributed by atoms with van der Waals surface area (Å²) in [7, 11) is 0. The van der Waals surface area contributed by atoms with Gasteiger partial charge in [0, 0.05) is 17.1 Å². The maximum Gasteiger partial charge on any atom is 0.220 e. The lowest BCUT2D eigenvalue weighted by Crippen LogP contribution is -2.39. The van der Waals surface area contributed by atoms with E-state index in [1.165, 1.54) is 36.9 Å². The zero-order valence-corrected chi connectivity index (χ0v) is 14.9. The summed E-state index contributed by atoms with van der Waals surface area (Å²) >= 11 is 6.36. The van der Waals surface area contributed by atoms with Crippen LogP contribution in [0.4, 0.5) is 5.95 Å². The van der Waals surface area contributed by atoms with Gasteiger partial charge in [-0.1, -0.05) is 49.6 Å². The van der Waals surface area contributed by atoms with Crippen molar-refractivity contribution < 1.29 is 0 Å². The molecule has 2 unspecified atom stereocenters. The third kappa shape index (κ3) is 2.79. The van der Waals surface area contributed by atoms with Crippen LogP contribution in [0.3, 0.4) is 0 Å². The Morgan fingerprint density at radius 1 is 1.25 bits per heavy atom. The molecule has 1 aromatic carbocycles. The standard InChI is InChI=1S/C20H24ClN3/c1-20-9-5-4-7-14(20)11-15-17(23-19(22)24-18(15)12-20)10-13-6-2-3-8-16(13)21/h2-3,6,8,14H,4-5,7,9-12H2,1H3,(H2,22,23,24). The molecule has 0 bridgehead atoms. The highest BCUT2D eigenvalue weighted by Gasteiger charge is 2.41. The fraction of sp³-hybridized carbons (Fsp3) is 0.500. The molecule has 0 amide bonds. The predicted molar refractivity (Wildman–Crippen MR) is 98.2 cm³/mol. The Morgan fingerprint density at radius 2 is 2.08 bits per heavy atom. The number of fused-ring (bicyclic) bond motifs is 2. The number of halogens is 1. The number of rotatable bonds is 2. The first-order valence-corrected chi connectivity index (χ1v) is 9.30. The van der Waals surface area contributed by atoms with Gasteiger partial charge in [-0.3, -0.25) is 0 Å². The van der Waals surface area contributed by atoms with Crippen molar-refractivity contribution in [2.24, 2.45) is 11.3 Å². The van der Waals surface area contributed by atoms with Gasteiger partial charge >= 0.3 is 0 Å². The average Bonchev–Trinajstić information content (AvgIpc) is 2.54.